The maximum atomic E-state index is 8.42. The van der Waals surface area contributed by atoms with Gasteiger partial charge in [0.15, 0.2) is 0 Å². The first-order valence-electron chi connectivity index (χ1n) is 0.744. The van der Waals surface area contributed by atoms with Crippen molar-refractivity contribution in [3.8, 4) is 0 Å². The predicted molar refractivity (Wildman–Crippen MR) is 35.0 cm³/mol. The number of hydrogen-bond donors (Lipinski definition) is 0. The van der Waals surface area contributed by atoms with Crippen LogP contribution in [0.2, 0.25) is 0 Å². The van der Waals surface area contributed by atoms with Crippen LogP contribution in [0.4, 0.5) is 0 Å². The van der Waals surface area contributed by atoms with Gasteiger partial charge in [0.05, 0.1) is 0 Å². The van der Waals surface area contributed by atoms with Crippen LogP contribution in [0.15, 0.2) is 0 Å². The second-order valence-corrected chi connectivity index (χ2v) is 0. The first-order valence-corrected chi connectivity index (χ1v) is 4.04. The standard InChI is InChI=1S/CH4.6Cd.O2.5H2O.2O.H2/c;;;;;;;1-2;;;;;;;;/h1H4;;;;;;;;5*1H2;;;1H. The van der Waals surface area contributed by atoms with Gasteiger partial charge < -0.3 is 27.4 Å². The summed E-state index contributed by atoms with van der Waals surface area (Å²) in [6.45, 7) is 0. The summed E-state index contributed by atoms with van der Waals surface area (Å²) in [5.74, 6) is 0. The van der Waals surface area contributed by atoms with Crippen LogP contribution in [0, 0.1) is 9.93 Å². The zero-order chi connectivity index (χ0) is 6.00. The van der Waals surface area contributed by atoms with E-state index < -0.39 is 0 Å². The van der Waals surface area contributed by atoms with Crippen molar-refractivity contribution in [1.29, 1.82) is 0 Å². The van der Waals surface area contributed by atoms with Crippen LogP contribution in [-0.4, -0.2) is 27.4 Å². The summed E-state index contributed by atoms with van der Waals surface area (Å²) in [4.78, 5) is 14.0. The molecule has 9 nitrogen and oxygen atoms in total. The molecular weight excluding hydrogens is 830 g/mol. The zero-order valence-corrected chi connectivity index (χ0v) is 32.6. The van der Waals surface area contributed by atoms with Crippen LogP contribution in [0.5, 0.6) is 0 Å². The molecule has 0 amide bonds. The molecule has 0 aromatic rings. The Morgan fingerprint density at radius 1 is 0.500 bits per heavy atom. The molecule has 0 unspecified atom stereocenters. The van der Waals surface area contributed by atoms with Crippen LogP contribution < -0.4 is 0 Å². The minimum atomic E-state index is -0.1000. The fourth-order valence-electron chi connectivity index (χ4n) is 0. The molecule has 0 radical (unpaired) electrons. The van der Waals surface area contributed by atoms with Gasteiger partial charge in [0.1, 0.15) is 0 Å². The van der Waals surface area contributed by atoms with E-state index in [0.29, 0.717) is 0 Å². The Labute approximate surface area is 208 Å². The Kier molecular flexibility index (Phi) is 2820. The molecule has 0 fully saturated rings. The molecular formula is CH16Cd6O9. The van der Waals surface area contributed by atoms with Gasteiger partial charge in [0, 0.05) is 121 Å². The summed E-state index contributed by atoms with van der Waals surface area (Å²) in [7, 11) is 0. The Morgan fingerprint density at radius 3 is 0.500 bits per heavy atom. The molecule has 10 N–H and O–H groups in total. The van der Waals surface area contributed by atoms with Crippen molar-refractivity contribution in [2.75, 3.05) is 0 Å². The van der Waals surface area contributed by atoms with Crippen molar-refractivity contribution in [2.24, 2.45) is 0 Å². The van der Waals surface area contributed by atoms with Crippen molar-refractivity contribution < 1.29 is 195 Å². The van der Waals surface area contributed by atoms with Gasteiger partial charge in [-0.1, -0.05) is 7.43 Å². The molecule has 0 aliphatic heterocycles. The van der Waals surface area contributed by atoms with Crippen LogP contribution in [0.25, 0.3) is 0 Å². The van der Waals surface area contributed by atoms with Gasteiger partial charge in [-0.05, 0) is 0 Å². The molecule has 0 heterocycles. The molecule has 0 aromatic carbocycles. The second-order valence-electron chi connectivity index (χ2n) is 0. The molecule has 0 spiro atoms. The molecule has 0 bridgehead atoms. The Balaban J connectivity index is -0.000000000500. The quantitative estimate of drug-likeness (QED) is 0.227. The third-order valence-electron chi connectivity index (χ3n) is 0. The third-order valence-corrected chi connectivity index (χ3v) is 0. The van der Waals surface area contributed by atoms with Gasteiger partial charge in [-0.25, -0.2) is 0 Å². The fraction of sp³-hybridized carbons (Fsp3) is 1.00. The van der Waals surface area contributed by atoms with E-state index in [1.165, 1.54) is 0 Å². The summed E-state index contributed by atoms with van der Waals surface area (Å²) in [5.41, 5.74) is 0. The first-order chi connectivity index (χ1) is 3.00. The van der Waals surface area contributed by atoms with Gasteiger partial charge in [0.25, 0.3) is 0 Å². The average molecular weight is 847 g/mol. The van der Waals surface area contributed by atoms with Crippen LogP contribution >= 0.6 is 0 Å². The summed E-state index contributed by atoms with van der Waals surface area (Å²) in [6.07, 6.45) is 0. The summed E-state index contributed by atoms with van der Waals surface area (Å²) < 4.78 is 16.8. The van der Waals surface area contributed by atoms with E-state index in [4.69, 9.17) is 15.3 Å². The summed E-state index contributed by atoms with van der Waals surface area (Å²) >= 11 is -0.200. The molecule has 86 valence electrons. The van der Waals surface area contributed by atoms with Crippen molar-refractivity contribution in [1.82, 2.24) is 0 Å². The van der Waals surface area contributed by atoms with Gasteiger partial charge in [0.2, 0.25) is 0 Å². The zero-order valence-electron chi connectivity index (χ0n) is 8.38. The Bertz CT molecular complexity index is 30.2. The van der Waals surface area contributed by atoms with Gasteiger partial charge in [-0.15, -0.1) is 0 Å². The molecule has 0 aliphatic carbocycles. The van der Waals surface area contributed by atoms with Crippen molar-refractivity contribution in [3.05, 3.63) is 9.93 Å². The van der Waals surface area contributed by atoms with E-state index in [2.05, 4.69) is 0 Å². The van der Waals surface area contributed by atoms with Gasteiger partial charge in [-0.2, -0.15) is 0 Å². The van der Waals surface area contributed by atoms with Crippen molar-refractivity contribution in [2.45, 2.75) is 7.43 Å². The molecule has 0 rings (SSSR count). The maximum absolute atomic E-state index is 8.42. The SMILES string of the molecule is C.O.O.O.O.O.O=O.[Cd].[Cd].[Cd].[Cd].[HH].[O]=[Cd].[O]=[Cd]. The van der Waals surface area contributed by atoms with E-state index >= 15 is 0 Å². The predicted octanol–water partition coefficient (Wildman–Crippen LogP) is -3.43. The van der Waals surface area contributed by atoms with Gasteiger partial charge >= 0.3 is 56.9 Å². The normalized spacial score (nSPS) is 1.00. The van der Waals surface area contributed by atoms with E-state index in [1.54, 1.807) is 0 Å². The molecule has 16 heavy (non-hydrogen) atoms. The molecule has 0 saturated heterocycles. The first kappa shape index (κ1) is 138. The number of hydrogen-bond acceptors (Lipinski definition) is 4. The fourth-order valence-corrected chi connectivity index (χ4v) is 0. The van der Waals surface area contributed by atoms with E-state index in [1.807, 2.05) is 0 Å². The minimum absolute atomic E-state index is 0. The van der Waals surface area contributed by atoms with Gasteiger partial charge in [-0.3, -0.25) is 0 Å². The number of rotatable bonds is 0. The van der Waals surface area contributed by atoms with Crippen LogP contribution in [-0.2, 0) is 166 Å². The van der Waals surface area contributed by atoms with E-state index in [-0.39, 0.29) is 197 Å². The van der Waals surface area contributed by atoms with Crippen LogP contribution in [0.1, 0.15) is 8.85 Å². The molecule has 0 aliphatic rings. The molecule has 0 saturated carbocycles. The van der Waals surface area contributed by atoms with E-state index in [9.17, 15) is 0 Å². The second kappa shape index (κ2) is 327. The molecule has 15 heteroatoms. The third kappa shape index (κ3) is 277. The van der Waals surface area contributed by atoms with E-state index in [0.717, 1.165) is 0 Å². The average Bonchev–Trinajstić information content (AvgIpc) is 1.81. The summed E-state index contributed by atoms with van der Waals surface area (Å²) in [6, 6.07) is 0. The van der Waals surface area contributed by atoms with Crippen LogP contribution in [0.3, 0.4) is 0 Å². The monoisotopic (exact) mass is 855 g/mol. The Hall–Kier alpha value is 4.53. The Morgan fingerprint density at radius 2 is 0.500 bits per heavy atom. The van der Waals surface area contributed by atoms with Crippen molar-refractivity contribution >= 4 is 0 Å². The molecule has 0 aromatic heterocycles. The topological polar surface area (TPSA) is 226 Å². The summed E-state index contributed by atoms with van der Waals surface area (Å²) in [5, 5.41) is 0. The van der Waals surface area contributed by atoms with Crippen molar-refractivity contribution in [3.63, 3.8) is 0 Å². The molecule has 0 atom stereocenters.